The van der Waals surface area contributed by atoms with Crippen molar-refractivity contribution in [3.05, 3.63) is 35.6 Å². The normalized spacial score (nSPS) is 22.3. The Kier molecular flexibility index (Phi) is 4.66. The predicted molar refractivity (Wildman–Crippen MR) is 71.3 cm³/mol. The molecule has 2 rings (SSSR count). The first-order valence-corrected chi connectivity index (χ1v) is 6.65. The minimum atomic E-state index is -0.281. The van der Waals surface area contributed by atoms with Crippen molar-refractivity contribution in [1.82, 2.24) is 4.90 Å². The summed E-state index contributed by atoms with van der Waals surface area (Å²) in [6.45, 7) is 1.26. The highest BCUT2D eigenvalue weighted by molar-refractivity contribution is 5.82. The molecule has 1 fully saturated rings. The number of nitrogens with zero attached hydrogens (tertiary/aromatic N) is 1. The summed E-state index contributed by atoms with van der Waals surface area (Å²) in [6.07, 6.45) is 1.89. The van der Waals surface area contributed by atoms with Gasteiger partial charge in [0.2, 0.25) is 0 Å². The van der Waals surface area contributed by atoms with Crippen LogP contribution in [0.1, 0.15) is 18.4 Å². The molecule has 1 saturated carbocycles. The lowest BCUT2D eigenvalue weighted by Gasteiger charge is -2.34. The van der Waals surface area contributed by atoms with Crippen molar-refractivity contribution in [3.8, 4) is 0 Å². The molecule has 1 aromatic rings. The summed E-state index contributed by atoms with van der Waals surface area (Å²) in [7, 11) is 1.92. The van der Waals surface area contributed by atoms with Gasteiger partial charge < -0.3 is 5.11 Å². The first-order valence-electron chi connectivity index (χ1n) is 6.65. The third-order valence-electron chi connectivity index (χ3n) is 3.54. The van der Waals surface area contributed by atoms with E-state index in [1.54, 1.807) is 12.1 Å². The summed E-state index contributed by atoms with van der Waals surface area (Å²) in [6, 6.07) is 6.05. The molecule has 3 nitrogen and oxygen atoms in total. The lowest BCUT2D eigenvalue weighted by Crippen LogP contribution is -2.39. The highest BCUT2D eigenvalue weighted by Crippen LogP contribution is 2.27. The Morgan fingerprint density at radius 1 is 1.37 bits per heavy atom. The molecule has 0 saturated heterocycles. The number of rotatable bonds is 6. The minimum absolute atomic E-state index is 0.133. The smallest absolute Gasteiger partial charge is 0.151 e. The Balaban J connectivity index is 1.72. The number of carbonyl (C=O) groups is 1. The standard InChI is InChI=1S/C15H20FNO2/c1-17(9-12-7-14(18)8-12)10-15(19)6-11-2-4-13(16)5-3-11/h2-5,12,14,18H,6-10H2,1H3. The lowest BCUT2D eigenvalue weighted by molar-refractivity contribution is -0.119. The Morgan fingerprint density at radius 2 is 2.00 bits per heavy atom. The van der Waals surface area contributed by atoms with Crippen LogP contribution in [0.2, 0.25) is 0 Å². The fourth-order valence-electron chi connectivity index (χ4n) is 2.54. The Labute approximate surface area is 113 Å². The van der Waals surface area contributed by atoms with E-state index in [-0.39, 0.29) is 17.7 Å². The zero-order valence-corrected chi connectivity index (χ0v) is 11.2. The van der Waals surface area contributed by atoms with Crippen molar-refractivity contribution in [2.45, 2.75) is 25.4 Å². The van der Waals surface area contributed by atoms with Crippen molar-refractivity contribution in [2.24, 2.45) is 5.92 Å². The number of carbonyl (C=O) groups excluding carboxylic acids is 1. The molecule has 104 valence electrons. The molecule has 1 aromatic carbocycles. The molecule has 0 bridgehead atoms. The molecule has 0 heterocycles. The molecule has 0 radical (unpaired) electrons. The number of Topliss-reactive ketones (excluding diaryl/α,β-unsaturated/α-hetero) is 1. The molecular formula is C15H20FNO2. The summed E-state index contributed by atoms with van der Waals surface area (Å²) in [5.41, 5.74) is 0.846. The Bertz CT molecular complexity index is 426. The maximum absolute atomic E-state index is 12.7. The van der Waals surface area contributed by atoms with E-state index in [1.165, 1.54) is 12.1 Å². The number of benzene rings is 1. The summed E-state index contributed by atoms with van der Waals surface area (Å²) in [5, 5.41) is 9.21. The minimum Gasteiger partial charge on any atom is -0.393 e. The van der Waals surface area contributed by atoms with E-state index in [9.17, 15) is 14.3 Å². The van der Waals surface area contributed by atoms with Gasteiger partial charge in [-0.2, -0.15) is 0 Å². The number of halogens is 1. The highest BCUT2D eigenvalue weighted by Gasteiger charge is 2.28. The van der Waals surface area contributed by atoms with Crippen molar-refractivity contribution in [1.29, 1.82) is 0 Å². The highest BCUT2D eigenvalue weighted by atomic mass is 19.1. The van der Waals surface area contributed by atoms with Crippen LogP contribution in [-0.4, -0.2) is 42.0 Å². The molecule has 0 aliphatic heterocycles. The molecular weight excluding hydrogens is 245 g/mol. The first kappa shape index (κ1) is 14.2. The van der Waals surface area contributed by atoms with Gasteiger partial charge in [-0.1, -0.05) is 12.1 Å². The van der Waals surface area contributed by atoms with Gasteiger partial charge in [0.1, 0.15) is 5.82 Å². The summed E-state index contributed by atoms with van der Waals surface area (Å²) in [4.78, 5) is 13.9. The number of aliphatic hydroxyl groups is 1. The van der Waals surface area contributed by atoms with Crippen LogP contribution in [0.15, 0.2) is 24.3 Å². The third-order valence-corrected chi connectivity index (χ3v) is 3.54. The second-order valence-corrected chi connectivity index (χ2v) is 5.53. The number of hydrogen-bond donors (Lipinski definition) is 1. The summed E-state index contributed by atoms with van der Waals surface area (Å²) < 4.78 is 12.7. The fraction of sp³-hybridized carbons (Fsp3) is 0.533. The SMILES string of the molecule is CN(CC(=O)Cc1ccc(F)cc1)CC1CC(O)C1. The number of ketones is 1. The van der Waals surface area contributed by atoms with Crippen molar-refractivity contribution < 1.29 is 14.3 Å². The van der Waals surface area contributed by atoms with Crippen LogP contribution in [0.4, 0.5) is 4.39 Å². The topological polar surface area (TPSA) is 40.5 Å². The predicted octanol–water partition coefficient (Wildman–Crippen LogP) is 1.64. The zero-order valence-electron chi connectivity index (χ0n) is 11.2. The molecule has 1 aliphatic rings. The third kappa shape index (κ3) is 4.40. The average molecular weight is 265 g/mol. The van der Waals surface area contributed by atoms with Crippen molar-refractivity contribution >= 4 is 5.78 Å². The number of likely N-dealkylation sites (N-methyl/N-ethyl adjacent to an activating group) is 1. The van der Waals surface area contributed by atoms with Crippen LogP contribution in [0.25, 0.3) is 0 Å². The van der Waals surface area contributed by atoms with Gasteiger partial charge in [-0.05, 0) is 43.5 Å². The Morgan fingerprint density at radius 3 is 2.58 bits per heavy atom. The quantitative estimate of drug-likeness (QED) is 0.850. The lowest BCUT2D eigenvalue weighted by atomic mass is 9.82. The van der Waals surface area contributed by atoms with Crippen molar-refractivity contribution in [2.75, 3.05) is 20.1 Å². The second-order valence-electron chi connectivity index (χ2n) is 5.53. The maximum atomic E-state index is 12.7. The van der Waals surface area contributed by atoms with Gasteiger partial charge in [0, 0.05) is 13.0 Å². The van der Waals surface area contributed by atoms with E-state index < -0.39 is 0 Å². The molecule has 0 unspecified atom stereocenters. The van der Waals surface area contributed by atoms with E-state index >= 15 is 0 Å². The van der Waals surface area contributed by atoms with Crippen LogP contribution < -0.4 is 0 Å². The first-order chi connectivity index (χ1) is 9.02. The molecule has 0 spiro atoms. The van der Waals surface area contributed by atoms with Gasteiger partial charge in [-0.3, -0.25) is 9.69 Å². The molecule has 0 amide bonds. The summed E-state index contributed by atoms with van der Waals surface area (Å²) in [5.74, 6) is 0.365. The van der Waals surface area contributed by atoms with E-state index in [0.717, 1.165) is 24.9 Å². The van der Waals surface area contributed by atoms with Crippen LogP contribution in [0, 0.1) is 11.7 Å². The van der Waals surface area contributed by atoms with Crippen molar-refractivity contribution in [3.63, 3.8) is 0 Å². The monoisotopic (exact) mass is 265 g/mol. The zero-order chi connectivity index (χ0) is 13.8. The maximum Gasteiger partial charge on any atom is 0.151 e. The molecule has 1 aliphatic carbocycles. The molecule has 19 heavy (non-hydrogen) atoms. The molecule has 1 N–H and O–H groups in total. The van der Waals surface area contributed by atoms with Crippen LogP contribution >= 0.6 is 0 Å². The van der Waals surface area contributed by atoms with Crippen LogP contribution in [-0.2, 0) is 11.2 Å². The number of hydrogen-bond acceptors (Lipinski definition) is 3. The van der Waals surface area contributed by atoms with Gasteiger partial charge in [0.15, 0.2) is 5.78 Å². The average Bonchev–Trinajstić information content (AvgIpc) is 2.30. The summed E-state index contributed by atoms with van der Waals surface area (Å²) >= 11 is 0. The second kappa shape index (κ2) is 6.26. The van der Waals surface area contributed by atoms with Crippen LogP contribution in [0.5, 0.6) is 0 Å². The van der Waals surface area contributed by atoms with E-state index in [0.29, 0.717) is 18.9 Å². The van der Waals surface area contributed by atoms with Gasteiger partial charge >= 0.3 is 0 Å². The molecule has 0 atom stereocenters. The van der Waals surface area contributed by atoms with E-state index in [2.05, 4.69) is 0 Å². The van der Waals surface area contributed by atoms with Gasteiger partial charge in [-0.15, -0.1) is 0 Å². The van der Waals surface area contributed by atoms with Gasteiger partial charge in [0.25, 0.3) is 0 Å². The molecule has 0 aromatic heterocycles. The van der Waals surface area contributed by atoms with Gasteiger partial charge in [-0.25, -0.2) is 4.39 Å². The van der Waals surface area contributed by atoms with Gasteiger partial charge in [0.05, 0.1) is 12.6 Å². The molecule has 4 heteroatoms. The largest absolute Gasteiger partial charge is 0.393 e. The van der Waals surface area contributed by atoms with E-state index in [1.807, 2.05) is 11.9 Å². The number of aliphatic hydroxyl groups excluding tert-OH is 1. The Hall–Kier alpha value is -1.26. The van der Waals surface area contributed by atoms with Crippen LogP contribution in [0.3, 0.4) is 0 Å². The fourth-order valence-corrected chi connectivity index (χ4v) is 2.54. The van der Waals surface area contributed by atoms with E-state index in [4.69, 9.17) is 0 Å².